The number of hydrogen-bond acceptors (Lipinski definition) is 11. The van der Waals surface area contributed by atoms with Crippen LogP contribution in [0.5, 0.6) is 11.5 Å². The Kier molecular flexibility index (Phi) is 9.01. The number of aliphatic imine (C=N–C) groups is 1. The maximum Gasteiger partial charge on any atom is 0.341 e. The van der Waals surface area contributed by atoms with Gasteiger partial charge in [0.2, 0.25) is 5.43 Å². The molecule has 248 valence electrons. The number of ether oxygens (including phenoxy) is 2. The van der Waals surface area contributed by atoms with Gasteiger partial charge in [0.05, 0.1) is 48.4 Å². The van der Waals surface area contributed by atoms with E-state index in [4.69, 9.17) is 14.3 Å². The molecule has 3 heterocycles. The first-order valence-electron chi connectivity index (χ1n) is 15.0. The van der Waals surface area contributed by atoms with Gasteiger partial charge in [-0.2, -0.15) is 0 Å². The molecule has 1 saturated heterocycles. The number of aromatic nitrogens is 2. The number of nitro groups is 1. The fourth-order valence-electron chi connectivity index (χ4n) is 5.64. The number of oxime groups is 1. The normalized spacial score (nSPS) is 16.9. The van der Waals surface area contributed by atoms with E-state index in [0.717, 1.165) is 24.5 Å². The van der Waals surface area contributed by atoms with Crippen LogP contribution in [-0.2, 0) is 11.4 Å². The highest BCUT2D eigenvalue weighted by molar-refractivity contribution is 5.95. The van der Waals surface area contributed by atoms with Crippen molar-refractivity contribution in [2.75, 3.05) is 38.8 Å². The molecule has 1 saturated carbocycles. The second-order valence-electron chi connectivity index (χ2n) is 11.4. The van der Waals surface area contributed by atoms with E-state index in [2.05, 4.69) is 15.1 Å². The number of aromatic carboxylic acids is 1. The lowest BCUT2D eigenvalue weighted by Gasteiger charge is -2.19. The lowest BCUT2D eigenvalue weighted by Crippen LogP contribution is -2.25. The first-order chi connectivity index (χ1) is 23.2. The van der Waals surface area contributed by atoms with E-state index in [1.54, 1.807) is 15.7 Å². The van der Waals surface area contributed by atoms with Crippen LogP contribution in [0.2, 0.25) is 0 Å². The molecule has 48 heavy (non-hydrogen) atoms. The predicted octanol–water partition coefficient (Wildman–Crippen LogP) is 4.62. The highest BCUT2D eigenvalue weighted by atomic mass is 19.1. The molecule has 15 heteroatoms. The van der Waals surface area contributed by atoms with E-state index in [0.29, 0.717) is 5.71 Å². The molecule has 4 aromatic rings. The van der Waals surface area contributed by atoms with Crippen LogP contribution >= 0.6 is 0 Å². The number of carbonyl (C=O) groups is 1. The van der Waals surface area contributed by atoms with Gasteiger partial charge in [-0.15, -0.1) is 0 Å². The Labute approximate surface area is 272 Å². The van der Waals surface area contributed by atoms with Gasteiger partial charge in [0.15, 0.2) is 23.1 Å². The third kappa shape index (κ3) is 6.52. The molecule has 1 aliphatic carbocycles. The van der Waals surface area contributed by atoms with Gasteiger partial charge in [-0.05, 0) is 30.5 Å². The van der Waals surface area contributed by atoms with Crippen molar-refractivity contribution in [3.63, 3.8) is 0 Å². The van der Waals surface area contributed by atoms with Gasteiger partial charge in [0.1, 0.15) is 17.8 Å². The van der Waals surface area contributed by atoms with Crippen LogP contribution in [0.3, 0.4) is 0 Å². The Morgan fingerprint density at radius 1 is 1.17 bits per heavy atom. The van der Waals surface area contributed by atoms with Gasteiger partial charge < -0.3 is 28.9 Å². The molecule has 1 aliphatic heterocycles. The van der Waals surface area contributed by atoms with Crippen molar-refractivity contribution in [2.45, 2.75) is 25.5 Å². The second kappa shape index (κ2) is 13.5. The van der Waals surface area contributed by atoms with Crippen LogP contribution in [0.25, 0.3) is 11.0 Å². The minimum Gasteiger partial charge on any atom is -0.493 e. The van der Waals surface area contributed by atoms with Gasteiger partial charge in [0.25, 0.3) is 5.69 Å². The van der Waals surface area contributed by atoms with Crippen molar-refractivity contribution in [3.05, 3.63) is 97.6 Å². The summed E-state index contributed by atoms with van der Waals surface area (Å²) in [6, 6.07) is 13.2. The van der Waals surface area contributed by atoms with Crippen LogP contribution in [0, 0.1) is 21.8 Å². The molecule has 1 atom stereocenters. The molecule has 0 bridgehead atoms. The lowest BCUT2D eigenvalue weighted by atomic mass is 10.1. The van der Waals surface area contributed by atoms with E-state index in [-0.39, 0.29) is 77.8 Å². The number of hydrogen-bond donors (Lipinski definition) is 1. The molecule has 2 aliphatic rings. The van der Waals surface area contributed by atoms with Gasteiger partial charge in [0, 0.05) is 37.5 Å². The van der Waals surface area contributed by atoms with Crippen LogP contribution in [0.4, 0.5) is 15.9 Å². The SMILES string of the molecule is COc1cc(CO/N=C2\CN(c3nc4c(cc3F)c(=O)c(C(=O)O)cn4C3CC3)CC2CN=Cc2ccccc2)c([N+](=O)[O-])cc1OC. The number of benzene rings is 2. The summed E-state index contributed by atoms with van der Waals surface area (Å²) in [6.07, 6.45) is 4.56. The number of anilines is 1. The molecule has 0 spiro atoms. The Morgan fingerprint density at radius 2 is 1.90 bits per heavy atom. The van der Waals surface area contributed by atoms with Crippen molar-refractivity contribution in [3.8, 4) is 11.5 Å². The summed E-state index contributed by atoms with van der Waals surface area (Å²) >= 11 is 0. The van der Waals surface area contributed by atoms with Crippen molar-refractivity contribution in [1.82, 2.24) is 9.55 Å². The first kappa shape index (κ1) is 32.1. The molecule has 0 radical (unpaired) electrons. The Morgan fingerprint density at radius 3 is 2.56 bits per heavy atom. The molecular formula is C33H31FN6O8. The standard InChI is InChI=1S/C33H31FN6O8/c1-46-28-10-20(27(40(44)45)12-29(28)47-2)18-48-37-26-17-38(15-21(26)14-35-13-19-6-4-3-5-7-19)32-25(34)11-23-30(41)24(33(42)43)16-39(22-8-9-22)31(23)36-32/h3-7,10-13,16,21-22H,8-9,14-15,17-18H2,1-2H3,(H,42,43)/b35-13?,37-26+. The topological polar surface area (TPSA) is 171 Å². The van der Waals surface area contributed by atoms with Crippen LogP contribution in [-0.4, -0.2) is 71.3 Å². The van der Waals surface area contributed by atoms with E-state index in [1.807, 2.05) is 30.3 Å². The predicted molar refractivity (Wildman–Crippen MR) is 174 cm³/mol. The number of carboxylic acid groups (broad SMARTS) is 1. The number of methoxy groups -OCH3 is 2. The third-order valence-corrected chi connectivity index (χ3v) is 8.22. The molecule has 1 N–H and O–H groups in total. The maximum atomic E-state index is 15.7. The number of nitrogens with zero attached hydrogens (tertiary/aromatic N) is 6. The highest BCUT2D eigenvalue weighted by Gasteiger charge is 2.34. The fraction of sp³-hybridized carbons (Fsp3) is 0.303. The van der Waals surface area contributed by atoms with Crippen LogP contribution < -0.4 is 19.8 Å². The zero-order valence-electron chi connectivity index (χ0n) is 26.0. The van der Waals surface area contributed by atoms with E-state index >= 15 is 4.39 Å². The largest absolute Gasteiger partial charge is 0.493 e. The molecular weight excluding hydrogens is 627 g/mol. The minimum atomic E-state index is -1.39. The third-order valence-electron chi connectivity index (χ3n) is 8.22. The number of halogens is 1. The smallest absolute Gasteiger partial charge is 0.341 e. The summed E-state index contributed by atoms with van der Waals surface area (Å²) < 4.78 is 27.8. The number of carboxylic acids is 1. The monoisotopic (exact) mass is 658 g/mol. The zero-order chi connectivity index (χ0) is 33.9. The lowest BCUT2D eigenvalue weighted by molar-refractivity contribution is -0.386. The van der Waals surface area contributed by atoms with Crippen molar-refractivity contribution in [2.24, 2.45) is 16.1 Å². The summed E-state index contributed by atoms with van der Waals surface area (Å²) in [5.74, 6) is -2.08. The zero-order valence-corrected chi connectivity index (χ0v) is 26.0. The van der Waals surface area contributed by atoms with Crippen molar-refractivity contribution >= 4 is 40.4 Å². The highest BCUT2D eigenvalue weighted by Crippen LogP contribution is 2.38. The molecule has 1 unspecified atom stereocenters. The summed E-state index contributed by atoms with van der Waals surface area (Å²) in [5, 5.41) is 25.6. The molecule has 14 nitrogen and oxygen atoms in total. The average Bonchev–Trinajstić information content (AvgIpc) is 3.85. The quantitative estimate of drug-likeness (QED) is 0.129. The minimum absolute atomic E-state index is 0.0304. The molecule has 2 fully saturated rings. The van der Waals surface area contributed by atoms with Crippen LogP contribution in [0.15, 0.2) is 69.7 Å². The van der Waals surface area contributed by atoms with Gasteiger partial charge in [-0.1, -0.05) is 35.5 Å². The summed E-state index contributed by atoms with van der Waals surface area (Å²) in [6.45, 7) is 0.355. The average molecular weight is 659 g/mol. The Balaban J connectivity index is 1.32. The maximum absolute atomic E-state index is 15.7. The number of fused-ring (bicyclic) bond motifs is 1. The van der Waals surface area contributed by atoms with Gasteiger partial charge in [-0.25, -0.2) is 14.2 Å². The summed E-state index contributed by atoms with van der Waals surface area (Å²) in [7, 11) is 2.79. The van der Waals surface area contributed by atoms with Crippen molar-refractivity contribution in [1.29, 1.82) is 0 Å². The van der Waals surface area contributed by atoms with Gasteiger partial charge >= 0.3 is 5.97 Å². The fourth-order valence-corrected chi connectivity index (χ4v) is 5.64. The number of pyridine rings is 2. The Bertz CT molecular complexity index is 2010. The van der Waals surface area contributed by atoms with E-state index in [9.17, 15) is 24.8 Å². The van der Waals surface area contributed by atoms with E-state index < -0.39 is 27.7 Å². The molecule has 0 amide bonds. The second-order valence-corrected chi connectivity index (χ2v) is 11.4. The molecule has 2 aromatic carbocycles. The summed E-state index contributed by atoms with van der Waals surface area (Å²) in [4.78, 5) is 52.3. The molecule has 6 rings (SSSR count). The number of rotatable bonds is 12. The first-order valence-corrected chi connectivity index (χ1v) is 15.0. The van der Waals surface area contributed by atoms with Crippen molar-refractivity contribution < 1.29 is 33.5 Å². The van der Waals surface area contributed by atoms with Gasteiger partial charge in [-0.3, -0.25) is 19.9 Å². The summed E-state index contributed by atoms with van der Waals surface area (Å²) in [5.41, 5.74) is 0.319. The van der Waals surface area contributed by atoms with E-state index in [1.165, 1.54) is 32.5 Å². The number of nitro benzene ring substituents is 1. The molecule has 2 aromatic heterocycles. The van der Waals surface area contributed by atoms with Crippen LogP contribution in [0.1, 0.15) is 40.4 Å². The Hall–Kier alpha value is -5.86.